The summed E-state index contributed by atoms with van der Waals surface area (Å²) < 4.78 is 0.299. The summed E-state index contributed by atoms with van der Waals surface area (Å²) in [6.45, 7) is -0.179. The van der Waals surface area contributed by atoms with Gasteiger partial charge in [0.05, 0.1) is 20.9 Å². The lowest BCUT2D eigenvalue weighted by Crippen LogP contribution is -2.43. The first-order chi connectivity index (χ1) is 20.2. The van der Waals surface area contributed by atoms with Crippen LogP contribution in [0.1, 0.15) is 33.6 Å². The zero-order valence-corrected chi connectivity index (χ0v) is 24.6. The van der Waals surface area contributed by atoms with Gasteiger partial charge >= 0.3 is 0 Å². The largest absolute Gasteiger partial charge is 0.292 e. The van der Waals surface area contributed by atoms with Crippen LogP contribution in [0.5, 0.6) is 0 Å². The highest BCUT2D eigenvalue weighted by molar-refractivity contribution is 8.29. The number of nitrogens with zero attached hydrogens (tertiary/aromatic N) is 4. The molecule has 2 saturated heterocycles. The third-order valence-corrected chi connectivity index (χ3v) is 8.53. The molecule has 2 aliphatic heterocycles. The van der Waals surface area contributed by atoms with E-state index in [0.717, 1.165) is 23.5 Å². The van der Waals surface area contributed by atoms with Crippen LogP contribution in [0, 0.1) is 0 Å². The Morgan fingerprint density at radius 3 is 1.45 bits per heavy atom. The Hall–Kier alpha value is -4.26. The Labute approximate surface area is 257 Å². The number of thioether (sulfide) groups is 2. The monoisotopic (exact) mass is 644 g/mol. The number of nitrogens with one attached hydrogen (secondary N) is 4. The number of hydrazine groups is 2. The highest BCUT2D eigenvalue weighted by Gasteiger charge is 2.42. The van der Waals surface area contributed by atoms with Gasteiger partial charge in [-0.3, -0.25) is 70.2 Å². The number of hydrogen-bond donors (Lipinski definition) is 4. The lowest BCUT2D eigenvalue weighted by molar-refractivity contribution is -0.126. The summed E-state index contributed by atoms with van der Waals surface area (Å²) in [4.78, 5) is 84.8. The van der Waals surface area contributed by atoms with E-state index in [1.165, 1.54) is 46.7 Å². The topological polar surface area (TPSA) is 183 Å². The van der Waals surface area contributed by atoms with Crippen LogP contribution in [-0.2, 0) is 19.2 Å². The molecular formula is C24H20N8O6S4. The van der Waals surface area contributed by atoms with Crippen molar-refractivity contribution in [3.8, 4) is 0 Å². The zero-order chi connectivity index (χ0) is 30.2. The molecule has 216 valence electrons. The molecule has 0 saturated carbocycles. The minimum atomic E-state index is -0.567. The predicted octanol–water partition coefficient (Wildman–Crippen LogP) is 0.411. The molecule has 0 aliphatic carbocycles. The van der Waals surface area contributed by atoms with Crippen LogP contribution in [0.3, 0.4) is 0 Å². The number of carbonyl (C=O) groups excluding carboxylic acids is 6. The highest BCUT2D eigenvalue weighted by Crippen LogP contribution is 2.42. The molecular weight excluding hydrogens is 625 g/mol. The fourth-order valence-electron chi connectivity index (χ4n) is 3.40. The van der Waals surface area contributed by atoms with Gasteiger partial charge in [0.2, 0.25) is 11.8 Å². The first kappa shape index (κ1) is 30.7. The van der Waals surface area contributed by atoms with Gasteiger partial charge in [0.15, 0.2) is 0 Å². The molecule has 2 aliphatic rings. The molecule has 18 heteroatoms. The van der Waals surface area contributed by atoms with Crippen LogP contribution >= 0.6 is 48.0 Å². The number of thiocarbonyl (C=S) groups is 2. The fraction of sp³-hybridized carbons (Fsp3) is 0.167. The van der Waals surface area contributed by atoms with E-state index in [0.29, 0.717) is 0 Å². The average molecular weight is 645 g/mol. The van der Waals surface area contributed by atoms with E-state index in [4.69, 9.17) is 24.4 Å². The van der Waals surface area contributed by atoms with Crippen molar-refractivity contribution < 1.29 is 28.8 Å². The van der Waals surface area contributed by atoms with E-state index in [1.807, 2.05) is 0 Å². The van der Waals surface area contributed by atoms with E-state index in [-0.39, 0.29) is 55.5 Å². The lowest BCUT2D eigenvalue weighted by atomic mass is 10.3. The Morgan fingerprint density at radius 1 is 0.690 bits per heavy atom. The van der Waals surface area contributed by atoms with Gasteiger partial charge in [-0.15, -0.1) is 0 Å². The first-order valence-electron chi connectivity index (χ1n) is 12.0. The number of aromatic nitrogens is 2. The van der Waals surface area contributed by atoms with E-state index < -0.39 is 35.4 Å². The Morgan fingerprint density at radius 2 is 1.10 bits per heavy atom. The Kier molecular flexibility index (Phi) is 10.3. The second-order valence-corrected chi connectivity index (χ2v) is 11.6. The van der Waals surface area contributed by atoms with Gasteiger partial charge < -0.3 is 0 Å². The second-order valence-electron chi connectivity index (χ2n) is 8.30. The summed E-state index contributed by atoms with van der Waals surface area (Å²) in [5.41, 5.74) is 9.53. The number of pyridine rings is 2. The molecule has 0 radical (unpaired) electrons. The number of amides is 6. The van der Waals surface area contributed by atoms with Crippen LogP contribution in [0.2, 0.25) is 0 Å². The molecule has 6 amide bonds. The molecule has 4 N–H and O–H groups in total. The summed E-state index contributed by atoms with van der Waals surface area (Å²) in [5, 5.41) is 0. The first-order valence-corrected chi connectivity index (χ1v) is 14.4. The molecule has 0 unspecified atom stereocenters. The smallest absolute Gasteiger partial charge is 0.271 e. The Bertz CT molecular complexity index is 1390. The molecule has 14 nitrogen and oxygen atoms in total. The maximum atomic E-state index is 13.1. The van der Waals surface area contributed by atoms with Crippen molar-refractivity contribution >= 4 is 92.0 Å². The molecule has 4 rings (SSSR count). The van der Waals surface area contributed by atoms with Crippen molar-refractivity contribution in [2.24, 2.45) is 0 Å². The summed E-state index contributed by atoms with van der Waals surface area (Å²) in [6, 6.07) is 6.20. The lowest BCUT2D eigenvalue weighted by Gasteiger charge is -2.15. The number of rotatable bonds is 8. The summed E-state index contributed by atoms with van der Waals surface area (Å²) >= 11 is 12.4. The Balaban J connectivity index is 1.27. The molecule has 0 spiro atoms. The quantitative estimate of drug-likeness (QED) is 0.177. The molecule has 2 aromatic heterocycles. The third-order valence-electron chi connectivity index (χ3n) is 5.51. The predicted molar refractivity (Wildman–Crippen MR) is 160 cm³/mol. The van der Waals surface area contributed by atoms with Crippen molar-refractivity contribution in [2.75, 3.05) is 13.1 Å². The molecule has 2 fully saturated rings. The van der Waals surface area contributed by atoms with Crippen LogP contribution < -0.4 is 21.7 Å². The van der Waals surface area contributed by atoms with Crippen molar-refractivity contribution in [3.05, 3.63) is 70.0 Å². The second kappa shape index (κ2) is 14.1. The van der Waals surface area contributed by atoms with E-state index >= 15 is 0 Å². The van der Waals surface area contributed by atoms with Gasteiger partial charge in [-0.05, 0) is 24.3 Å². The van der Waals surface area contributed by atoms with Gasteiger partial charge in [-0.1, -0.05) is 48.0 Å². The van der Waals surface area contributed by atoms with Gasteiger partial charge in [0.25, 0.3) is 23.6 Å². The zero-order valence-electron chi connectivity index (χ0n) is 21.3. The molecule has 42 heavy (non-hydrogen) atoms. The van der Waals surface area contributed by atoms with Gasteiger partial charge in [0, 0.05) is 50.7 Å². The SMILES string of the molecule is O=C(CCN1C(=O)C(=C2SC(=S)N(CCC(=O)NNC(=O)c3cccnc3)C2=O)SC1=S)NNC(=O)c1cccnc1. The minimum absolute atomic E-state index is 0.0679. The normalized spacial score (nSPS) is 16.5. The van der Waals surface area contributed by atoms with Gasteiger partial charge in [-0.25, -0.2) is 0 Å². The van der Waals surface area contributed by atoms with Crippen molar-refractivity contribution in [1.29, 1.82) is 0 Å². The van der Waals surface area contributed by atoms with Crippen molar-refractivity contribution in [2.45, 2.75) is 12.8 Å². The van der Waals surface area contributed by atoms with Crippen LogP contribution in [-0.4, -0.2) is 76.9 Å². The van der Waals surface area contributed by atoms with Gasteiger partial charge in [0.1, 0.15) is 8.64 Å². The number of hydrogen-bond acceptors (Lipinski definition) is 12. The molecule has 0 bridgehead atoms. The van der Waals surface area contributed by atoms with E-state index in [1.54, 1.807) is 12.1 Å². The van der Waals surface area contributed by atoms with Crippen LogP contribution in [0.4, 0.5) is 0 Å². The van der Waals surface area contributed by atoms with Crippen molar-refractivity contribution in [1.82, 2.24) is 41.5 Å². The fourth-order valence-corrected chi connectivity index (χ4v) is 6.17. The molecule has 4 heterocycles. The van der Waals surface area contributed by atoms with E-state index in [9.17, 15) is 28.8 Å². The highest BCUT2D eigenvalue weighted by atomic mass is 32.2. The summed E-state index contributed by atoms with van der Waals surface area (Å²) in [5.74, 6) is -3.38. The molecule has 0 aromatic carbocycles. The molecule has 2 aromatic rings. The third kappa shape index (κ3) is 7.52. The van der Waals surface area contributed by atoms with Gasteiger partial charge in [-0.2, -0.15) is 0 Å². The van der Waals surface area contributed by atoms with Crippen LogP contribution in [0.25, 0.3) is 0 Å². The maximum absolute atomic E-state index is 13.1. The molecule has 0 atom stereocenters. The summed E-state index contributed by atoms with van der Waals surface area (Å²) in [7, 11) is 0. The maximum Gasteiger partial charge on any atom is 0.271 e. The van der Waals surface area contributed by atoms with Crippen molar-refractivity contribution in [3.63, 3.8) is 0 Å². The minimum Gasteiger partial charge on any atom is -0.292 e. The van der Waals surface area contributed by atoms with Crippen LogP contribution in [0.15, 0.2) is 58.9 Å². The summed E-state index contributed by atoms with van der Waals surface area (Å²) in [6.07, 6.45) is 5.32. The number of carbonyl (C=O) groups is 6. The van der Waals surface area contributed by atoms with E-state index in [2.05, 4.69) is 31.7 Å². The standard InChI is InChI=1S/C24H20N8O6S4/c33-15(27-29-19(35)13-3-1-7-25-11-13)5-9-31-21(37)17(41-23(31)39)18-22(38)32(24(40)42-18)10-6-16(34)28-30-20(36)14-4-2-8-26-12-14/h1-4,7-8,11-12H,5-6,9-10H2,(H,27,33)(H,28,34)(H,29,35)(H,30,36). The average Bonchev–Trinajstić information content (AvgIpc) is 3.45.